The third kappa shape index (κ3) is 10.1. The first-order valence-electron chi connectivity index (χ1n) is 16.2. The Balaban J connectivity index is 0.000000895. The minimum Gasteiger partial charge on any atom is -0.726 e. The van der Waals surface area contributed by atoms with Gasteiger partial charge < -0.3 is 24.8 Å². The standard InChI is InChI=1S/C35H30N6O6S2.CH4O4S/c1-3-22-19-48-33-28(32(44)41(33)29(22)34(45)47-30(23-12-6-4-7-13-23)24-14-8-5-9-15-24)38-31(43)27(26-20-49-35(37-26)36-21-42)39-46-18-25-16-10-11-17-40(25)2;1-5-6(2,3)4/h3-17,20-21,28,30,33H,1,18-19H2,2H3,(H-,36,37,38,42,43);1H3,(H,2,3,4)/t28?,33-;/m0./s1. The lowest BCUT2D eigenvalue weighted by atomic mass is 10.0. The predicted molar refractivity (Wildman–Crippen MR) is 201 cm³/mol. The van der Waals surface area contributed by atoms with Gasteiger partial charge in [-0.15, -0.1) is 23.1 Å². The van der Waals surface area contributed by atoms with Gasteiger partial charge in [0.2, 0.25) is 29.1 Å². The minimum atomic E-state index is -4.41. The van der Waals surface area contributed by atoms with Crippen LogP contribution in [-0.2, 0) is 57.0 Å². The largest absolute Gasteiger partial charge is 0.726 e. The Kier molecular flexibility index (Phi) is 13.6. The highest BCUT2D eigenvalue weighted by molar-refractivity contribution is 8.00. The summed E-state index contributed by atoms with van der Waals surface area (Å²) in [5.41, 5.74) is 2.93. The quantitative estimate of drug-likeness (QED) is 0.0276. The van der Waals surface area contributed by atoms with Crippen LogP contribution < -0.4 is 15.2 Å². The Labute approximate surface area is 324 Å². The van der Waals surface area contributed by atoms with Crippen molar-refractivity contribution in [2.45, 2.75) is 24.1 Å². The lowest BCUT2D eigenvalue weighted by Crippen LogP contribution is -2.71. The van der Waals surface area contributed by atoms with E-state index in [4.69, 9.17) is 9.57 Å². The van der Waals surface area contributed by atoms with E-state index in [0.717, 1.165) is 35.3 Å². The number of hydrogen-bond acceptors (Lipinski definition) is 14. The number of allylic oxidation sites excluding steroid dienone is 1. The minimum absolute atomic E-state index is 0.0554. The van der Waals surface area contributed by atoms with E-state index in [-0.39, 0.29) is 28.8 Å². The van der Waals surface area contributed by atoms with Gasteiger partial charge in [-0.05, 0) is 22.8 Å². The van der Waals surface area contributed by atoms with Crippen molar-refractivity contribution in [3.63, 3.8) is 0 Å². The van der Waals surface area contributed by atoms with E-state index in [1.165, 1.54) is 16.7 Å². The maximum atomic E-state index is 13.9. The summed E-state index contributed by atoms with van der Waals surface area (Å²) in [4.78, 5) is 63.4. The van der Waals surface area contributed by atoms with Gasteiger partial charge in [-0.2, -0.15) is 0 Å². The number of pyridine rings is 1. The fourth-order valence-electron chi connectivity index (χ4n) is 5.32. The van der Waals surface area contributed by atoms with Gasteiger partial charge in [0, 0.05) is 23.3 Å². The average Bonchev–Trinajstić information content (AvgIpc) is 3.66. The molecule has 286 valence electrons. The van der Waals surface area contributed by atoms with Crippen LogP contribution in [0.15, 0.2) is 120 Å². The molecule has 2 atom stereocenters. The van der Waals surface area contributed by atoms with E-state index in [2.05, 4.69) is 31.5 Å². The van der Waals surface area contributed by atoms with Gasteiger partial charge in [-0.3, -0.25) is 23.5 Å². The van der Waals surface area contributed by atoms with Crippen molar-refractivity contribution in [1.29, 1.82) is 0 Å². The second-order valence-electron chi connectivity index (χ2n) is 11.4. The number of carbonyl (C=O) groups excluding carboxylic acids is 4. The number of oxime groups is 1. The number of ether oxygens (including phenoxy) is 1. The molecule has 2 N–H and O–H groups in total. The third-order valence-corrected chi connectivity index (χ3v) is 10.5. The Bertz CT molecular complexity index is 2180. The SMILES string of the molecule is C=CC1=C(C(=O)OC(c2ccccc2)c2ccccc2)N2C(=O)C(NC(=O)C(=NOCc3cccc[n+]3C)c3csc(NC=O)n3)[C@@H]2SC1.COS(=O)(=O)[O-]. The summed E-state index contributed by atoms with van der Waals surface area (Å²) in [6.07, 6.45) is 3.15. The molecule has 16 nitrogen and oxygen atoms in total. The van der Waals surface area contributed by atoms with Crippen LogP contribution in [0, 0.1) is 0 Å². The van der Waals surface area contributed by atoms with E-state index >= 15 is 0 Å². The monoisotopic (exact) mass is 806 g/mol. The van der Waals surface area contributed by atoms with E-state index < -0.39 is 45.7 Å². The summed E-state index contributed by atoms with van der Waals surface area (Å²) in [6.45, 7) is 3.92. The molecule has 19 heteroatoms. The molecule has 4 heterocycles. The molecular weight excluding hydrogens is 773 g/mol. The van der Waals surface area contributed by atoms with Gasteiger partial charge in [-0.25, -0.2) is 22.8 Å². The highest BCUT2D eigenvalue weighted by Crippen LogP contribution is 2.42. The zero-order valence-corrected chi connectivity index (χ0v) is 31.7. The van der Waals surface area contributed by atoms with Gasteiger partial charge in [-0.1, -0.05) is 78.5 Å². The molecule has 0 saturated carbocycles. The summed E-state index contributed by atoms with van der Waals surface area (Å²) in [6, 6.07) is 23.3. The molecule has 1 unspecified atom stereocenters. The van der Waals surface area contributed by atoms with Crippen molar-refractivity contribution < 1.29 is 50.5 Å². The number of thiazole rings is 1. The Morgan fingerprint density at radius 3 is 2.33 bits per heavy atom. The highest BCUT2D eigenvalue weighted by atomic mass is 32.3. The average molecular weight is 807 g/mol. The van der Waals surface area contributed by atoms with Crippen LogP contribution in [-0.4, -0.2) is 77.0 Å². The molecule has 2 aliphatic rings. The number of rotatable bonds is 14. The first-order valence-corrected chi connectivity index (χ1v) is 19.4. The zero-order valence-electron chi connectivity index (χ0n) is 29.3. The van der Waals surface area contributed by atoms with E-state index in [0.29, 0.717) is 17.7 Å². The van der Waals surface area contributed by atoms with E-state index in [9.17, 15) is 32.1 Å². The summed E-state index contributed by atoms with van der Waals surface area (Å²) < 4.78 is 39.0. The molecule has 0 spiro atoms. The lowest BCUT2D eigenvalue weighted by Gasteiger charge is -2.49. The van der Waals surface area contributed by atoms with Crippen molar-refractivity contribution in [3.05, 3.63) is 137 Å². The third-order valence-electron chi connectivity index (χ3n) is 8.03. The van der Waals surface area contributed by atoms with Crippen LogP contribution in [0.3, 0.4) is 0 Å². The number of thioether (sulfide) groups is 1. The number of nitrogens with zero attached hydrogens (tertiary/aromatic N) is 4. The number of β-lactam (4-membered cyclic amide) rings is 1. The smallest absolute Gasteiger partial charge is 0.356 e. The van der Waals surface area contributed by atoms with Crippen molar-refractivity contribution in [2.24, 2.45) is 12.2 Å². The number of fused-ring (bicyclic) bond motifs is 1. The number of esters is 1. The molecule has 1 saturated heterocycles. The number of nitrogens with one attached hydrogen (secondary N) is 2. The van der Waals surface area contributed by atoms with Crippen LogP contribution in [0.25, 0.3) is 0 Å². The zero-order chi connectivity index (χ0) is 39.5. The second kappa shape index (κ2) is 18.5. The first kappa shape index (κ1) is 40.5. The number of aromatic nitrogens is 2. The number of amides is 3. The number of anilines is 1. The van der Waals surface area contributed by atoms with Gasteiger partial charge in [0.1, 0.15) is 29.9 Å². The van der Waals surface area contributed by atoms with E-state index in [1.807, 2.05) is 96.7 Å². The Morgan fingerprint density at radius 1 is 1.11 bits per heavy atom. The van der Waals surface area contributed by atoms with Crippen molar-refractivity contribution in [1.82, 2.24) is 15.2 Å². The molecule has 0 radical (unpaired) electrons. The summed E-state index contributed by atoms with van der Waals surface area (Å²) in [5.74, 6) is -1.53. The Hall–Kier alpha value is -5.73. The van der Waals surface area contributed by atoms with Crippen LogP contribution in [0.1, 0.15) is 28.6 Å². The molecule has 0 bridgehead atoms. The fourth-order valence-corrected chi connectivity index (χ4v) is 7.32. The van der Waals surface area contributed by atoms with Crippen LogP contribution in [0.4, 0.5) is 5.13 Å². The molecule has 3 amide bonds. The molecule has 6 rings (SSSR count). The van der Waals surface area contributed by atoms with Crippen molar-refractivity contribution >= 4 is 68.5 Å². The van der Waals surface area contributed by atoms with Crippen molar-refractivity contribution in [2.75, 3.05) is 18.2 Å². The lowest BCUT2D eigenvalue weighted by molar-refractivity contribution is -0.681. The summed E-state index contributed by atoms with van der Waals surface area (Å²) in [7, 11) is -1.75. The summed E-state index contributed by atoms with van der Waals surface area (Å²) >= 11 is 2.48. The maximum Gasteiger partial charge on any atom is 0.356 e. The van der Waals surface area contributed by atoms with Crippen molar-refractivity contribution in [3.8, 4) is 0 Å². The molecule has 2 aliphatic heterocycles. The first-order chi connectivity index (χ1) is 26.4. The van der Waals surface area contributed by atoms with Gasteiger partial charge in [0.15, 0.2) is 23.1 Å². The molecule has 2 aromatic carbocycles. The van der Waals surface area contributed by atoms with Crippen LogP contribution in [0.5, 0.6) is 0 Å². The molecule has 4 aromatic rings. The number of carbonyl (C=O) groups is 4. The molecule has 0 aliphatic carbocycles. The molecular formula is C36H34N6O10S3. The van der Waals surface area contributed by atoms with E-state index in [1.54, 1.807) is 11.5 Å². The maximum absolute atomic E-state index is 13.9. The second-order valence-corrected chi connectivity index (χ2v) is 14.5. The number of hydrogen-bond donors (Lipinski definition) is 2. The number of benzene rings is 2. The fraction of sp³-hybridized carbons (Fsp3) is 0.194. The number of aryl methyl sites for hydroxylation is 1. The van der Waals surface area contributed by atoms with Crippen LogP contribution >= 0.6 is 23.1 Å². The van der Waals surface area contributed by atoms with Gasteiger partial charge >= 0.3 is 5.97 Å². The van der Waals surface area contributed by atoms with Crippen LogP contribution in [0.2, 0.25) is 0 Å². The molecule has 55 heavy (non-hydrogen) atoms. The topological polar surface area (TPSA) is 210 Å². The Morgan fingerprint density at radius 2 is 1.75 bits per heavy atom. The van der Waals surface area contributed by atoms with Gasteiger partial charge in [0.05, 0.1) is 7.11 Å². The summed E-state index contributed by atoms with van der Waals surface area (Å²) in [5, 5.41) is 10.5. The predicted octanol–water partition coefficient (Wildman–Crippen LogP) is 2.72. The molecule has 2 aromatic heterocycles. The molecule has 1 fully saturated rings. The van der Waals surface area contributed by atoms with Gasteiger partial charge in [0.25, 0.3) is 11.8 Å². The highest BCUT2D eigenvalue weighted by Gasteiger charge is 2.54. The normalized spacial score (nSPS) is 16.5.